The van der Waals surface area contributed by atoms with Gasteiger partial charge in [0.05, 0.1) is 43.8 Å². The van der Waals surface area contributed by atoms with E-state index in [1.807, 2.05) is 42.2 Å². The van der Waals surface area contributed by atoms with Crippen LogP contribution in [0.3, 0.4) is 0 Å². The van der Waals surface area contributed by atoms with Crippen LogP contribution in [0.4, 0.5) is 11.4 Å². The SMILES string of the molecule is COCCc1ccc2c(c1)C(C)(CCCS(=O)(=O)[O-])C(/C=C/C=C1/N(CCOC)c3ccc(S(=O)(=O)[O-])cc3C1(C)CCCS(=O)(=O)[O-])=[N+]2CCCCCC(=O)O. The van der Waals surface area contributed by atoms with E-state index in [-0.39, 0.29) is 32.3 Å². The summed E-state index contributed by atoms with van der Waals surface area (Å²) in [6, 6.07) is 10.1. The highest BCUT2D eigenvalue weighted by atomic mass is 32.2. The highest BCUT2D eigenvalue weighted by Gasteiger charge is 2.48. The minimum Gasteiger partial charge on any atom is -0.748 e. The molecule has 316 valence electrons. The van der Waals surface area contributed by atoms with Crippen molar-refractivity contribution in [3.05, 3.63) is 77.0 Å². The summed E-state index contributed by atoms with van der Waals surface area (Å²) < 4.78 is 119. The Morgan fingerprint density at radius 2 is 1.47 bits per heavy atom. The maximum absolute atomic E-state index is 12.1. The predicted octanol–water partition coefficient (Wildman–Crippen LogP) is 4.30. The Hall–Kier alpha value is -3.49. The van der Waals surface area contributed by atoms with Crippen LogP contribution in [0, 0.1) is 0 Å². The second-order valence-electron chi connectivity index (χ2n) is 14.9. The zero-order valence-corrected chi connectivity index (χ0v) is 35.2. The van der Waals surface area contributed by atoms with Crippen molar-refractivity contribution in [3.63, 3.8) is 0 Å². The molecule has 0 spiro atoms. The van der Waals surface area contributed by atoms with Gasteiger partial charge in [0.1, 0.15) is 16.7 Å². The summed E-state index contributed by atoms with van der Waals surface area (Å²) in [5.41, 5.74) is 3.47. The van der Waals surface area contributed by atoms with Gasteiger partial charge in [-0.15, -0.1) is 0 Å². The molecule has 1 N–H and O–H groups in total. The van der Waals surface area contributed by atoms with Crippen molar-refractivity contribution in [2.24, 2.45) is 0 Å². The first-order valence-electron chi connectivity index (χ1n) is 18.8. The van der Waals surface area contributed by atoms with Gasteiger partial charge < -0.3 is 33.1 Å². The number of unbranched alkanes of at least 4 members (excludes halogenated alkanes) is 2. The van der Waals surface area contributed by atoms with Gasteiger partial charge in [-0.25, -0.2) is 25.3 Å². The van der Waals surface area contributed by atoms with Crippen molar-refractivity contribution < 1.29 is 62.9 Å². The van der Waals surface area contributed by atoms with Gasteiger partial charge in [0.15, 0.2) is 5.71 Å². The smallest absolute Gasteiger partial charge is 0.303 e. The topological polar surface area (TPSA) is 234 Å². The normalized spacial score (nSPS) is 20.5. The van der Waals surface area contributed by atoms with Gasteiger partial charge in [0.2, 0.25) is 5.69 Å². The number of carboxylic acid groups (broad SMARTS) is 1. The van der Waals surface area contributed by atoms with Crippen molar-refractivity contribution in [3.8, 4) is 0 Å². The minimum absolute atomic E-state index is 0.0363. The van der Waals surface area contributed by atoms with E-state index in [1.165, 1.54) is 25.3 Å². The van der Waals surface area contributed by atoms with Crippen LogP contribution in [-0.2, 0) is 61.9 Å². The predicted molar refractivity (Wildman–Crippen MR) is 211 cm³/mol. The van der Waals surface area contributed by atoms with E-state index in [2.05, 4.69) is 10.6 Å². The molecule has 0 fully saturated rings. The molecule has 2 aromatic rings. The summed E-state index contributed by atoms with van der Waals surface area (Å²) in [4.78, 5) is 12.6. The Morgan fingerprint density at radius 1 is 0.825 bits per heavy atom. The van der Waals surface area contributed by atoms with Crippen molar-refractivity contribution >= 4 is 53.4 Å². The number of carbonyl (C=O) groups is 1. The number of hydrogen-bond donors (Lipinski definition) is 1. The Balaban J connectivity index is 1.90. The lowest BCUT2D eigenvalue weighted by Crippen LogP contribution is -2.32. The van der Waals surface area contributed by atoms with Crippen LogP contribution in [-0.4, -0.2) is 112 Å². The summed E-state index contributed by atoms with van der Waals surface area (Å²) in [5, 5.41) is 9.18. The van der Waals surface area contributed by atoms with E-state index in [0.29, 0.717) is 68.7 Å². The molecule has 18 heteroatoms. The fraction of sp³-hybridized carbons (Fsp3) is 0.538. The highest BCUT2D eigenvalue weighted by Crippen LogP contribution is 2.51. The summed E-state index contributed by atoms with van der Waals surface area (Å²) >= 11 is 0. The number of anilines is 1. The lowest BCUT2D eigenvalue weighted by Gasteiger charge is -2.30. The quantitative estimate of drug-likeness (QED) is 0.0934. The van der Waals surface area contributed by atoms with Crippen molar-refractivity contribution in [1.82, 2.24) is 0 Å². The molecule has 4 rings (SSSR count). The third-order valence-corrected chi connectivity index (χ3v) is 13.2. The van der Waals surface area contributed by atoms with E-state index in [4.69, 9.17) is 9.47 Å². The minimum atomic E-state index is -4.86. The first kappa shape index (κ1) is 46.2. The zero-order valence-electron chi connectivity index (χ0n) is 32.8. The Bertz CT molecular complexity index is 2220. The fourth-order valence-corrected chi connectivity index (χ4v) is 9.50. The average molecular weight is 853 g/mol. The van der Waals surface area contributed by atoms with Crippen LogP contribution in [0.2, 0.25) is 0 Å². The lowest BCUT2D eigenvalue weighted by atomic mass is 9.75. The third-order valence-electron chi connectivity index (χ3n) is 10.8. The van der Waals surface area contributed by atoms with Gasteiger partial charge >= 0.3 is 5.97 Å². The van der Waals surface area contributed by atoms with Gasteiger partial charge in [-0.3, -0.25) is 4.79 Å². The second kappa shape index (κ2) is 19.1. The molecule has 0 radical (unpaired) electrons. The summed E-state index contributed by atoms with van der Waals surface area (Å²) in [6.45, 7) is 5.34. The van der Waals surface area contributed by atoms with Crippen LogP contribution in [0.25, 0.3) is 0 Å². The number of fused-ring (bicyclic) bond motifs is 2. The average Bonchev–Trinajstić information content (AvgIpc) is 3.47. The molecule has 0 bridgehead atoms. The van der Waals surface area contributed by atoms with Crippen molar-refractivity contribution in [1.29, 1.82) is 0 Å². The summed E-state index contributed by atoms with van der Waals surface area (Å²) in [5.74, 6) is -2.08. The Labute approximate surface area is 336 Å². The maximum Gasteiger partial charge on any atom is 0.303 e. The van der Waals surface area contributed by atoms with Gasteiger partial charge in [-0.2, -0.15) is 4.58 Å². The molecule has 0 aliphatic carbocycles. The number of nitrogens with zero attached hydrogens (tertiary/aromatic N) is 2. The highest BCUT2D eigenvalue weighted by molar-refractivity contribution is 7.86. The van der Waals surface area contributed by atoms with Crippen molar-refractivity contribution in [2.75, 3.05) is 56.9 Å². The Morgan fingerprint density at radius 3 is 2.07 bits per heavy atom. The van der Waals surface area contributed by atoms with Gasteiger partial charge in [-0.1, -0.05) is 12.1 Å². The second-order valence-corrected chi connectivity index (χ2v) is 19.3. The largest absolute Gasteiger partial charge is 0.748 e. The van der Waals surface area contributed by atoms with Gasteiger partial charge in [-0.05, 0) is 100 Å². The standard InChI is InChI=1S/C39H54N2O13S3/c1-38(19-9-25-55(44,45)46)31-27-29(18-23-53-3)14-16-33(31)40(21-7-5-6-13-37(42)43)35(38)11-8-12-36-39(2,20-10-26-56(47,48)49)32-28-30(57(50,51)52)15-17-34(32)41(36)22-24-54-4/h8,11-12,14-17,27-28H,5-7,9-10,13,18-26H2,1-4H3,(H3-,42,43,44,45,46,47,48,49,50,51,52)/p-2. The number of aliphatic carboxylic acids is 1. The van der Waals surface area contributed by atoms with E-state index in [0.717, 1.165) is 22.5 Å². The molecule has 2 aliphatic rings. The molecule has 2 aromatic carbocycles. The van der Waals surface area contributed by atoms with E-state index in [9.17, 15) is 48.8 Å². The van der Waals surface area contributed by atoms with E-state index in [1.54, 1.807) is 14.0 Å². The molecule has 2 unspecified atom stereocenters. The number of benzene rings is 2. The molecule has 0 saturated carbocycles. The first-order chi connectivity index (χ1) is 26.6. The maximum atomic E-state index is 12.1. The Kier molecular flexibility index (Phi) is 15.4. The van der Waals surface area contributed by atoms with Crippen LogP contribution in [0.5, 0.6) is 0 Å². The molecule has 2 heterocycles. The first-order valence-corrected chi connectivity index (χ1v) is 23.3. The molecule has 15 nitrogen and oxygen atoms in total. The summed E-state index contributed by atoms with van der Waals surface area (Å²) in [7, 11) is -10.8. The number of methoxy groups -OCH3 is 2. The van der Waals surface area contributed by atoms with Crippen LogP contribution < -0.4 is 4.90 Å². The molecular formula is C39H52N2O13S3-2. The number of carboxylic acids is 1. The van der Waals surface area contributed by atoms with Crippen LogP contribution in [0.15, 0.2) is 65.2 Å². The molecule has 57 heavy (non-hydrogen) atoms. The van der Waals surface area contributed by atoms with E-state index < -0.39 is 63.6 Å². The number of rotatable bonds is 23. The molecular weight excluding hydrogens is 801 g/mol. The third kappa shape index (κ3) is 11.8. The number of allylic oxidation sites excluding steroid dienone is 4. The molecule has 0 aromatic heterocycles. The van der Waals surface area contributed by atoms with E-state index >= 15 is 0 Å². The zero-order chi connectivity index (χ0) is 42.2. The lowest BCUT2D eigenvalue weighted by molar-refractivity contribution is -0.438. The van der Waals surface area contributed by atoms with Gasteiger partial charge in [0.25, 0.3) is 0 Å². The number of hydrogen-bond acceptors (Lipinski definition) is 13. The fourth-order valence-electron chi connectivity index (χ4n) is 8.01. The van der Waals surface area contributed by atoms with Crippen LogP contribution >= 0.6 is 0 Å². The molecule has 2 aliphatic heterocycles. The van der Waals surface area contributed by atoms with Gasteiger partial charge in [0, 0.05) is 79.6 Å². The monoisotopic (exact) mass is 852 g/mol. The molecule has 2 atom stereocenters. The molecule has 0 saturated heterocycles. The molecule has 0 amide bonds. The van der Waals surface area contributed by atoms with Crippen LogP contribution in [0.1, 0.15) is 81.9 Å². The van der Waals surface area contributed by atoms with Crippen molar-refractivity contribution in [2.45, 2.75) is 87.4 Å². The number of ether oxygens (including phenoxy) is 2. The summed E-state index contributed by atoms with van der Waals surface area (Å²) in [6.07, 6.45) is 8.42.